The molecule has 1 saturated heterocycles. The predicted octanol–water partition coefficient (Wildman–Crippen LogP) is 3.88. The molecule has 0 aliphatic carbocycles. The Morgan fingerprint density at radius 1 is 1.07 bits per heavy atom. The van der Waals surface area contributed by atoms with Crippen LogP contribution < -0.4 is 5.32 Å². The predicted molar refractivity (Wildman–Crippen MR) is 116 cm³/mol. The van der Waals surface area contributed by atoms with Crippen molar-refractivity contribution in [1.29, 1.82) is 0 Å². The lowest BCUT2D eigenvalue weighted by Gasteiger charge is -2.24. The van der Waals surface area contributed by atoms with Gasteiger partial charge in [-0.25, -0.2) is 8.42 Å². The highest BCUT2D eigenvalue weighted by Crippen LogP contribution is 2.26. The molecule has 0 spiro atoms. The number of amides is 1. The highest BCUT2D eigenvalue weighted by atomic mass is 32.2. The number of nitrogens with zero attached hydrogens (tertiary/aromatic N) is 1. The van der Waals surface area contributed by atoms with Gasteiger partial charge in [-0.15, -0.1) is 0 Å². The van der Waals surface area contributed by atoms with Gasteiger partial charge in [-0.2, -0.15) is 4.31 Å². The SMILES string of the molecule is Cc1ccc(S(=O)(=O)N2CCCC2CNC(=O)c2ccc(C(C)(C)C)cc2)cc1. The minimum absolute atomic E-state index is 0.0314. The molecule has 156 valence electrons. The van der Waals surface area contributed by atoms with Crippen molar-refractivity contribution >= 4 is 15.9 Å². The average Bonchev–Trinajstić information content (AvgIpc) is 3.15. The maximum absolute atomic E-state index is 13.0. The standard InChI is InChI=1S/C23H30N2O3S/c1-17-7-13-21(14-8-17)29(27,28)25-15-5-6-20(25)16-24-22(26)18-9-11-19(12-10-18)23(2,3)4/h7-14,20H,5-6,15-16H2,1-4H3,(H,24,26). The molecular formula is C23H30N2O3S. The molecular weight excluding hydrogens is 384 g/mol. The summed E-state index contributed by atoms with van der Waals surface area (Å²) in [5.41, 5.74) is 2.81. The molecule has 0 radical (unpaired) electrons. The van der Waals surface area contributed by atoms with Crippen molar-refractivity contribution in [3.05, 3.63) is 65.2 Å². The Morgan fingerprint density at radius 2 is 1.69 bits per heavy atom. The highest BCUT2D eigenvalue weighted by Gasteiger charge is 2.35. The number of rotatable bonds is 5. The van der Waals surface area contributed by atoms with Gasteiger partial charge in [-0.3, -0.25) is 4.79 Å². The van der Waals surface area contributed by atoms with Crippen molar-refractivity contribution in [2.75, 3.05) is 13.1 Å². The summed E-state index contributed by atoms with van der Waals surface area (Å²) in [7, 11) is -3.56. The molecule has 1 fully saturated rings. The van der Waals surface area contributed by atoms with Crippen LogP contribution >= 0.6 is 0 Å². The zero-order valence-electron chi connectivity index (χ0n) is 17.6. The molecule has 0 aromatic heterocycles. The summed E-state index contributed by atoms with van der Waals surface area (Å²) >= 11 is 0. The van der Waals surface area contributed by atoms with E-state index in [-0.39, 0.29) is 17.4 Å². The molecule has 1 aliphatic heterocycles. The van der Waals surface area contributed by atoms with E-state index in [2.05, 4.69) is 26.1 Å². The van der Waals surface area contributed by atoms with E-state index in [4.69, 9.17) is 0 Å². The van der Waals surface area contributed by atoms with E-state index in [0.29, 0.717) is 23.5 Å². The molecule has 1 N–H and O–H groups in total. The first kappa shape index (κ1) is 21.5. The van der Waals surface area contributed by atoms with Crippen LogP contribution in [0.3, 0.4) is 0 Å². The molecule has 6 heteroatoms. The Labute approximate surface area is 174 Å². The topological polar surface area (TPSA) is 66.5 Å². The van der Waals surface area contributed by atoms with Gasteiger partial charge in [0, 0.05) is 24.7 Å². The normalized spacial score (nSPS) is 18.0. The van der Waals surface area contributed by atoms with Gasteiger partial charge in [0.05, 0.1) is 4.90 Å². The largest absolute Gasteiger partial charge is 0.350 e. The molecule has 2 aromatic carbocycles. The fourth-order valence-corrected chi connectivity index (χ4v) is 5.30. The Kier molecular flexibility index (Phi) is 6.15. The van der Waals surface area contributed by atoms with E-state index in [1.807, 2.05) is 31.2 Å². The van der Waals surface area contributed by atoms with Crippen LogP contribution in [0, 0.1) is 6.92 Å². The third kappa shape index (κ3) is 4.87. The summed E-state index contributed by atoms with van der Waals surface area (Å²) in [6.45, 7) is 9.11. The lowest BCUT2D eigenvalue weighted by Crippen LogP contribution is -2.43. The number of sulfonamides is 1. The highest BCUT2D eigenvalue weighted by molar-refractivity contribution is 7.89. The summed E-state index contributed by atoms with van der Waals surface area (Å²) in [6, 6.07) is 14.3. The van der Waals surface area contributed by atoms with E-state index in [0.717, 1.165) is 18.4 Å². The minimum atomic E-state index is -3.56. The number of carbonyl (C=O) groups excluding carboxylic acids is 1. The van der Waals surface area contributed by atoms with Crippen molar-refractivity contribution in [3.8, 4) is 0 Å². The summed E-state index contributed by atoms with van der Waals surface area (Å²) in [5.74, 6) is -0.176. The van der Waals surface area contributed by atoms with E-state index >= 15 is 0 Å². The van der Waals surface area contributed by atoms with Gasteiger partial charge < -0.3 is 5.32 Å². The second-order valence-corrected chi connectivity index (χ2v) is 10.7. The van der Waals surface area contributed by atoms with Gasteiger partial charge in [-0.05, 0) is 55.0 Å². The number of nitrogens with one attached hydrogen (secondary N) is 1. The summed E-state index contributed by atoms with van der Waals surface area (Å²) in [5, 5.41) is 2.92. The molecule has 5 nitrogen and oxygen atoms in total. The van der Waals surface area contributed by atoms with Crippen molar-refractivity contribution in [2.24, 2.45) is 0 Å². The van der Waals surface area contributed by atoms with Gasteiger partial charge in [0.1, 0.15) is 0 Å². The Morgan fingerprint density at radius 3 is 2.28 bits per heavy atom. The van der Waals surface area contributed by atoms with Gasteiger partial charge >= 0.3 is 0 Å². The summed E-state index contributed by atoms with van der Waals surface area (Å²) in [4.78, 5) is 12.9. The molecule has 3 rings (SSSR count). The summed E-state index contributed by atoms with van der Waals surface area (Å²) in [6.07, 6.45) is 1.54. The first-order valence-corrected chi connectivity index (χ1v) is 11.5. The Bertz CT molecular complexity index is 959. The third-order valence-electron chi connectivity index (χ3n) is 5.46. The van der Waals surface area contributed by atoms with E-state index < -0.39 is 10.0 Å². The number of hydrogen-bond donors (Lipinski definition) is 1. The Balaban J connectivity index is 1.66. The third-order valence-corrected chi connectivity index (χ3v) is 7.43. The monoisotopic (exact) mass is 414 g/mol. The average molecular weight is 415 g/mol. The lowest BCUT2D eigenvalue weighted by atomic mass is 9.87. The van der Waals surface area contributed by atoms with E-state index in [1.54, 1.807) is 24.3 Å². The number of aryl methyl sites for hydroxylation is 1. The Hall–Kier alpha value is -2.18. The van der Waals surface area contributed by atoms with Crippen LogP contribution in [0.2, 0.25) is 0 Å². The van der Waals surface area contributed by atoms with E-state index in [9.17, 15) is 13.2 Å². The fourth-order valence-electron chi connectivity index (χ4n) is 3.61. The van der Waals surface area contributed by atoms with Crippen LogP contribution in [0.5, 0.6) is 0 Å². The molecule has 0 bridgehead atoms. The number of benzene rings is 2. The molecule has 29 heavy (non-hydrogen) atoms. The molecule has 1 amide bonds. The first-order valence-electron chi connectivity index (χ1n) is 10.1. The lowest BCUT2D eigenvalue weighted by molar-refractivity contribution is 0.0946. The van der Waals surface area contributed by atoms with Crippen molar-refractivity contribution in [3.63, 3.8) is 0 Å². The van der Waals surface area contributed by atoms with Crippen LogP contribution in [0.15, 0.2) is 53.4 Å². The molecule has 0 saturated carbocycles. The maximum atomic E-state index is 13.0. The van der Waals surface area contributed by atoms with Crippen LogP contribution in [-0.4, -0.2) is 37.8 Å². The van der Waals surface area contributed by atoms with Gasteiger partial charge in [0.2, 0.25) is 10.0 Å². The van der Waals surface area contributed by atoms with Crippen LogP contribution in [0.1, 0.15) is 55.1 Å². The minimum Gasteiger partial charge on any atom is -0.350 e. The van der Waals surface area contributed by atoms with Crippen LogP contribution in [-0.2, 0) is 15.4 Å². The van der Waals surface area contributed by atoms with Gasteiger partial charge in [-0.1, -0.05) is 50.6 Å². The van der Waals surface area contributed by atoms with Crippen LogP contribution in [0.25, 0.3) is 0 Å². The molecule has 1 unspecified atom stereocenters. The molecule has 1 atom stereocenters. The van der Waals surface area contributed by atoms with Crippen molar-refractivity contribution < 1.29 is 13.2 Å². The number of carbonyl (C=O) groups is 1. The number of hydrogen-bond acceptors (Lipinski definition) is 3. The first-order chi connectivity index (χ1) is 13.6. The van der Waals surface area contributed by atoms with Gasteiger partial charge in [0.25, 0.3) is 5.91 Å². The van der Waals surface area contributed by atoms with Crippen molar-refractivity contribution in [1.82, 2.24) is 9.62 Å². The second-order valence-electron chi connectivity index (χ2n) is 8.76. The van der Waals surface area contributed by atoms with E-state index in [1.165, 1.54) is 9.87 Å². The zero-order valence-corrected chi connectivity index (χ0v) is 18.4. The van der Waals surface area contributed by atoms with Crippen molar-refractivity contribution in [2.45, 2.75) is 56.9 Å². The quantitative estimate of drug-likeness (QED) is 0.807. The molecule has 1 heterocycles. The van der Waals surface area contributed by atoms with Gasteiger partial charge in [0.15, 0.2) is 0 Å². The maximum Gasteiger partial charge on any atom is 0.251 e. The second kappa shape index (κ2) is 8.28. The summed E-state index contributed by atoms with van der Waals surface area (Å²) < 4.78 is 27.6. The zero-order chi connectivity index (χ0) is 21.2. The molecule has 2 aromatic rings. The fraction of sp³-hybridized carbons (Fsp3) is 0.435. The smallest absolute Gasteiger partial charge is 0.251 e. The molecule has 1 aliphatic rings. The van der Waals surface area contributed by atoms with Crippen LogP contribution in [0.4, 0.5) is 0 Å².